The van der Waals surface area contributed by atoms with E-state index < -0.39 is 18.2 Å². The Morgan fingerprint density at radius 3 is 2.41 bits per heavy atom. The van der Waals surface area contributed by atoms with E-state index in [0.717, 1.165) is 106 Å². The fraction of sp³-hybridized carbons (Fsp3) is 0.477. The van der Waals surface area contributed by atoms with Crippen molar-refractivity contribution in [2.45, 2.75) is 110 Å². The van der Waals surface area contributed by atoms with Crippen molar-refractivity contribution in [2.24, 2.45) is 5.92 Å². The monoisotopic (exact) mass is 790 g/mol. The molecule has 306 valence electrons. The average molecular weight is 791 g/mol. The minimum absolute atomic E-state index is 0.00160. The van der Waals surface area contributed by atoms with E-state index in [1.54, 1.807) is 0 Å². The molecule has 0 aliphatic carbocycles. The maximum atomic E-state index is 13.9. The van der Waals surface area contributed by atoms with Gasteiger partial charge in [0.25, 0.3) is 0 Å². The smallest absolute Gasteiger partial charge is 0.407 e. The number of aromatic amines is 2. The van der Waals surface area contributed by atoms with E-state index in [2.05, 4.69) is 81.8 Å². The fourth-order valence-electron chi connectivity index (χ4n) is 9.16. The van der Waals surface area contributed by atoms with Crippen LogP contribution in [0.3, 0.4) is 0 Å². The lowest BCUT2D eigenvalue weighted by Crippen LogP contribution is -2.52. The van der Waals surface area contributed by atoms with Crippen LogP contribution in [-0.2, 0) is 20.9 Å². The van der Waals surface area contributed by atoms with Gasteiger partial charge in [-0.15, -0.1) is 0 Å². The number of hydrogen-bond acceptors (Lipinski definition) is 9. The van der Waals surface area contributed by atoms with Crippen LogP contribution in [0.1, 0.15) is 96.0 Å². The first-order valence-corrected chi connectivity index (χ1v) is 20.5. The third-order valence-electron chi connectivity index (χ3n) is 12.5. The van der Waals surface area contributed by atoms with E-state index >= 15 is 0 Å². The molecule has 14 heteroatoms. The highest BCUT2D eigenvalue weighted by Crippen LogP contribution is 2.44. The van der Waals surface area contributed by atoms with Crippen LogP contribution in [-0.4, -0.2) is 92.8 Å². The highest BCUT2D eigenvalue weighted by atomic mass is 16.5. The molecule has 2 fully saturated rings. The molecule has 0 saturated carbocycles. The number of hydrogen-bond donors (Lipinski definition) is 4. The molecular weight excluding hydrogens is 737 g/mol. The van der Waals surface area contributed by atoms with Crippen molar-refractivity contribution < 1.29 is 28.6 Å². The quantitative estimate of drug-likeness (QED) is 0.111. The van der Waals surface area contributed by atoms with Crippen LogP contribution in [0.25, 0.3) is 44.2 Å². The molecule has 5 heterocycles. The lowest BCUT2D eigenvalue weighted by molar-refractivity contribution is -0.137. The summed E-state index contributed by atoms with van der Waals surface area (Å²) >= 11 is 0. The normalized spacial score (nSPS) is 21.4. The first-order chi connectivity index (χ1) is 28.0. The number of methoxy groups -OCH3 is 2. The summed E-state index contributed by atoms with van der Waals surface area (Å²) in [5.41, 5.74) is 6.98. The van der Waals surface area contributed by atoms with Gasteiger partial charge in [-0.1, -0.05) is 39.0 Å². The van der Waals surface area contributed by atoms with Gasteiger partial charge in [-0.25, -0.2) is 19.6 Å². The molecular formula is C44H54N8O6. The second-order valence-corrected chi connectivity index (χ2v) is 16.4. The third-order valence-corrected chi connectivity index (χ3v) is 12.5. The lowest BCUT2D eigenvalue weighted by Gasteiger charge is -2.32. The Labute approximate surface area is 338 Å². The molecule has 0 bridgehead atoms. The molecule has 3 aliphatic heterocycles. The SMILES string of the molecule is CCC(CN1C(C)CCC1c1nc2c(ccc3cc4c(cc32)OCc2cc(-c3cnc(C5CCC(C)N5C(=O)C(NC(=O)OC)C(C)C)[nH]3)ccc2-4)[nH]1)NC(=O)OC. The summed E-state index contributed by atoms with van der Waals surface area (Å²) in [6, 6.07) is 14.5. The van der Waals surface area contributed by atoms with Crippen LogP contribution in [0.4, 0.5) is 9.59 Å². The van der Waals surface area contributed by atoms with Gasteiger partial charge in [0.1, 0.15) is 30.0 Å². The number of aromatic nitrogens is 4. The van der Waals surface area contributed by atoms with Gasteiger partial charge in [-0.2, -0.15) is 0 Å². The predicted molar refractivity (Wildman–Crippen MR) is 221 cm³/mol. The molecule has 6 unspecified atom stereocenters. The third kappa shape index (κ3) is 7.22. The summed E-state index contributed by atoms with van der Waals surface area (Å²) < 4.78 is 16.1. The van der Waals surface area contributed by atoms with Crippen molar-refractivity contribution in [3.8, 4) is 28.1 Å². The summed E-state index contributed by atoms with van der Waals surface area (Å²) in [5.74, 6) is 2.23. The zero-order valence-electron chi connectivity index (χ0n) is 34.3. The molecule has 3 amide bonds. The molecule has 0 spiro atoms. The second kappa shape index (κ2) is 16.0. The fourth-order valence-corrected chi connectivity index (χ4v) is 9.16. The first kappa shape index (κ1) is 39.2. The number of likely N-dealkylation sites (tertiary alicyclic amines) is 2. The second-order valence-electron chi connectivity index (χ2n) is 16.4. The minimum Gasteiger partial charge on any atom is -0.488 e. The maximum absolute atomic E-state index is 13.9. The first-order valence-electron chi connectivity index (χ1n) is 20.5. The Morgan fingerprint density at radius 2 is 1.66 bits per heavy atom. The standard InChI is InChI=1S/C44H54N8O6/c1-8-29(46-43(54)56-6)21-51-24(4)9-15-35(51)41-47-33-14-12-26-18-32-30-13-11-27(17-28(30)22-58-37(32)19-31(26)39(33)49-41)34-20-45-40(48-34)36-16-10-25(5)52(36)42(53)38(23(2)3)50-44(55)57-7/h11-14,17-20,23-25,29,35-36,38H,8-10,15-16,21-22H2,1-7H3,(H,45,48)(H,46,54)(H,47,49)(H,50,55). The molecule has 6 atom stereocenters. The molecule has 14 nitrogen and oxygen atoms in total. The van der Waals surface area contributed by atoms with E-state index in [1.807, 2.05) is 31.9 Å². The Hall–Kier alpha value is -5.63. The number of rotatable bonds is 10. The van der Waals surface area contributed by atoms with Gasteiger partial charge in [-0.05, 0) is 98.2 Å². The van der Waals surface area contributed by atoms with E-state index in [1.165, 1.54) is 14.2 Å². The zero-order chi connectivity index (χ0) is 40.8. The van der Waals surface area contributed by atoms with Crippen LogP contribution in [0, 0.1) is 5.92 Å². The van der Waals surface area contributed by atoms with Crippen molar-refractivity contribution in [2.75, 3.05) is 20.8 Å². The van der Waals surface area contributed by atoms with Gasteiger partial charge >= 0.3 is 12.2 Å². The Kier molecular flexibility index (Phi) is 10.8. The van der Waals surface area contributed by atoms with Gasteiger partial charge < -0.3 is 39.7 Å². The van der Waals surface area contributed by atoms with Crippen LogP contribution >= 0.6 is 0 Å². The van der Waals surface area contributed by atoms with Gasteiger partial charge in [0.2, 0.25) is 5.91 Å². The van der Waals surface area contributed by atoms with Gasteiger partial charge in [0.05, 0.1) is 49.2 Å². The van der Waals surface area contributed by atoms with Crippen molar-refractivity contribution in [1.29, 1.82) is 0 Å². The van der Waals surface area contributed by atoms with E-state index in [9.17, 15) is 14.4 Å². The molecule has 3 aromatic carbocycles. The molecule has 0 radical (unpaired) electrons. The number of ether oxygens (including phenoxy) is 3. The number of benzene rings is 3. The largest absolute Gasteiger partial charge is 0.488 e. The number of carbonyl (C=O) groups excluding carboxylic acids is 3. The molecule has 58 heavy (non-hydrogen) atoms. The van der Waals surface area contributed by atoms with Crippen LogP contribution in [0.2, 0.25) is 0 Å². The van der Waals surface area contributed by atoms with Crippen LogP contribution in [0.15, 0.2) is 48.7 Å². The highest BCUT2D eigenvalue weighted by Gasteiger charge is 2.41. The molecule has 2 aromatic heterocycles. The summed E-state index contributed by atoms with van der Waals surface area (Å²) in [5, 5.41) is 7.84. The zero-order valence-corrected chi connectivity index (χ0v) is 34.3. The van der Waals surface area contributed by atoms with Gasteiger partial charge in [-0.3, -0.25) is 9.69 Å². The molecule has 3 aliphatic rings. The summed E-state index contributed by atoms with van der Waals surface area (Å²) in [4.78, 5) is 59.4. The van der Waals surface area contributed by atoms with Crippen LogP contribution < -0.4 is 15.4 Å². The van der Waals surface area contributed by atoms with Crippen molar-refractivity contribution >= 4 is 39.9 Å². The summed E-state index contributed by atoms with van der Waals surface area (Å²) in [6.07, 6.45) is 5.24. The lowest BCUT2D eigenvalue weighted by atomic mass is 9.92. The van der Waals surface area contributed by atoms with Crippen molar-refractivity contribution in [1.82, 2.24) is 40.4 Å². The minimum atomic E-state index is -0.705. The van der Waals surface area contributed by atoms with Gasteiger partial charge in [0.15, 0.2) is 0 Å². The Balaban J connectivity index is 1.03. The number of imidazole rings is 2. The number of amides is 3. The number of nitrogens with one attached hydrogen (secondary N) is 4. The summed E-state index contributed by atoms with van der Waals surface area (Å²) in [6.45, 7) is 11.3. The molecule has 2 saturated heterocycles. The molecule has 4 N–H and O–H groups in total. The molecule has 8 rings (SSSR count). The maximum Gasteiger partial charge on any atom is 0.407 e. The molecule has 5 aromatic rings. The number of H-pyrrole nitrogens is 2. The van der Waals surface area contributed by atoms with E-state index in [-0.39, 0.29) is 36.0 Å². The summed E-state index contributed by atoms with van der Waals surface area (Å²) in [7, 11) is 2.70. The predicted octanol–water partition coefficient (Wildman–Crippen LogP) is 7.76. The Bertz CT molecular complexity index is 2350. The number of nitrogens with zero attached hydrogens (tertiary/aromatic N) is 4. The van der Waals surface area contributed by atoms with E-state index in [0.29, 0.717) is 12.6 Å². The van der Waals surface area contributed by atoms with Crippen molar-refractivity contribution in [3.05, 3.63) is 65.9 Å². The average Bonchev–Trinajstić information content (AvgIpc) is 4.04. The van der Waals surface area contributed by atoms with Gasteiger partial charge in [0, 0.05) is 35.6 Å². The van der Waals surface area contributed by atoms with Crippen molar-refractivity contribution in [3.63, 3.8) is 0 Å². The highest BCUT2D eigenvalue weighted by molar-refractivity contribution is 6.07. The topological polar surface area (TPSA) is 167 Å². The number of carbonyl (C=O) groups is 3. The number of fused-ring (bicyclic) bond motifs is 6. The van der Waals surface area contributed by atoms with Crippen LogP contribution in [0.5, 0.6) is 5.75 Å². The van der Waals surface area contributed by atoms with E-state index in [4.69, 9.17) is 24.2 Å². The Morgan fingerprint density at radius 1 is 0.897 bits per heavy atom. The number of alkyl carbamates (subject to hydrolysis) is 2.